The number of ether oxygens (including phenoxy) is 1. The summed E-state index contributed by atoms with van der Waals surface area (Å²) < 4.78 is 32.2. The van der Waals surface area contributed by atoms with Gasteiger partial charge >= 0.3 is 19.5 Å². The van der Waals surface area contributed by atoms with Gasteiger partial charge in [-0.15, -0.1) is 0 Å². The molecule has 2 unspecified atom stereocenters. The molecule has 0 saturated carbocycles. The second-order valence-electron chi connectivity index (χ2n) is 13.4. The smallest absolute Gasteiger partial charge is 0.348 e. The molecule has 3 aromatic rings. The highest BCUT2D eigenvalue weighted by Crippen LogP contribution is 2.54. The average molecular weight is 722 g/mol. The number of nitrogens with one attached hydrogen (secondary N) is 2. The van der Waals surface area contributed by atoms with Gasteiger partial charge in [0.05, 0.1) is 25.2 Å². The Kier molecular flexibility index (Phi) is 15.8. The van der Waals surface area contributed by atoms with Gasteiger partial charge < -0.3 is 29.1 Å². The van der Waals surface area contributed by atoms with Crippen molar-refractivity contribution in [3.8, 4) is 0 Å². The van der Waals surface area contributed by atoms with Crippen LogP contribution in [0, 0.1) is 11.8 Å². The number of nitrogens with zero attached hydrogens (tertiary/aromatic N) is 1. The van der Waals surface area contributed by atoms with E-state index in [4.69, 9.17) is 13.8 Å². The topological polar surface area (TPSA) is 144 Å². The third kappa shape index (κ3) is 13.0. The van der Waals surface area contributed by atoms with Crippen molar-refractivity contribution in [1.82, 2.24) is 15.5 Å². The summed E-state index contributed by atoms with van der Waals surface area (Å²) in [6.45, 7) is 7.15. The number of likely N-dealkylation sites (tertiary alicyclic amines) is 1. The number of hydrogen-bond acceptors (Lipinski definition) is 9. The molecule has 12 heteroatoms. The van der Waals surface area contributed by atoms with Crippen molar-refractivity contribution in [1.29, 1.82) is 0 Å². The van der Waals surface area contributed by atoms with E-state index in [1.807, 2.05) is 117 Å². The minimum absolute atomic E-state index is 0.0503. The quantitative estimate of drug-likeness (QED) is 0.0889. The first-order valence-electron chi connectivity index (χ1n) is 17.7. The number of esters is 1. The highest BCUT2D eigenvalue weighted by atomic mass is 31.2. The molecule has 3 atom stereocenters. The lowest BCUT2D eigenvalue weighted by Gasteiger charge is -2.34. The fourth-order valence-electron chi connectivity index (χ4n) is 6.00. The Morgan fingerprint density at radius 2 is 1.29 bits per heavy atom. The number of benzene rings is 3. The summed E-state index contributed by atoms with van der Waals surface area (Å²) in [5, 5.41) is 16.1. The minimum Gasteiger partial charge on any atom is -0.480 e. The van der Waals surface area contributed by atoms with Gasteiger partial charge in [-0.2, -0.15) is 0 Å². The van der Waals surface area contributed by atoms with Crippen LogP contribution in [-0.2, 0) is 52.6 Å². The number of hydrogen-bond donors (Lipinski definition) is 3. The van der Waals surface area contributed by atoms with E-state index in [1.54, 1.807) is 0 Å². The maximum absolute atomic E-state index is 14.5. The number of carbonyl (C=O) groups is 3. The molecule has 4 rings (SSSR count). The molecule has 1 amide bonds. The van der Waals surface area contributed by atoms with Gasteiger partial charge in [-0.1, -0.05) is 112 Å². The van der Waals surface area contributed by atoms with Gasteiger partial charge in [0.2, 0.25) is 5.91 Å². The summed E-state index contributed by atoms with van der Waals surface area (Å²) in [7, 11) is -3.87. The Morgan fingerprint density at radius 1 is 0.804 bits per heavy atom. The number of aliphatic carboxylic acids is 1. The maximum Gasteiger partial charge on any atom is 0.348 e. The van der Waals surface area contributed by atoms with E-state index in [-0.39, 0.29) is 44.2 Å². The van der Waals surface area contributed by atoms with Crippen molar-refractivity contribution >= 4 is 25.4 Å². The summed E-state index contributed by atoms with van der Waals surface area (Å²) >= 11 is 0. The zero-order chi connectivity index (χ0) is 36.6. The van der Waals surface area contributed by atoms with E-state index in [2.05, 4.69) is 10.6 Å². The standard InChI is InChI=1S/C39H52N3O8P/c1-4-36(51(47,49-27-31-16-10-6-11-17-31)50-28-32-18-12-7-13-19-32)40-34(24-29(2)3)37(43)41-35(38(44)45)25-42-22-20-33(21-23-42)39(46)48-26-30-14-8-5-9-15-30/h5-19,29,33-36,40H,4,20-28H2,1-3H3,(H,41,43)(H,44,45)/t34?,35?,36-/m1/s1. The summed E-state index contributed by atoms with van der Waals surface area (Å²) in [6, 6.07) is 26.2. The first-order chi connectivity index (χ1) is 24.6. The molecule has 1 heterocycles. The number of amides is 1. The summed E-state index contributed by atoms with van der Waals surface area (Å²) in [4.78, 5) is 40.9. The summed E-state index contributed by atoms with van der Waals surface area (Å²) in [5.74, 6) is -2.98. The summed E-state index contributed by atoms with van der Waals surface area (Å²) in [6.07, 6.45) is 1.76. The summed E-state index contributed by atoms with van der Waals surface area (Å²) in [5.41, 5.74) is 2.57. The molecule has 1 saturated heterocycles. The monoisotopic (exact) mass is 721 g/mol. The molecule has 0 spiro atoms. The third-order valence-electron chi connectivity index (χ3n) is 8.89. The second-order valence-corrected chi connectivity index (χ2v) is 15.6. The molecule has 3 aromatic carbocycles. The van der Waals surface area contributed by atoms with Crippen LogP contribution in [0.3, 0.4) is 0 Å². The molecule has 0 aromatic heterocycles. The van der Waals surface area contributed by atoms with Gasteiger partial charge in [0.25, 0.3) is 0 Å². The fourth-order valence-corrected chi connectivity index (χ4v) is 7.90. The molecule has 0 radical (unpaired) electrons. The Labute approximate surface area is 301 Å². The minimum atomic E-state index is -3.87. The van der Waals surface area contributed by atoms with E-state index >= 15 is 0 Å². The van der Waals surface area contributed by atoms with Crippen molar-refractivity contribution in [2.75, 3.05) is 19.6 Å². The lowest BCUT2D eigenvalue weighted by atomic mass is 9.96. The SMILES string of the molecule is CC[C@H](NC(CC(C)C)C(=O)NC(CN1CCC(C(=O)OCc2ccccc2)CC1)C(=O)O)P(=O)(OCc1ccccc1)OCc1ccccc1. The molecule has 0 bridgehead atoms. The van der Waals surface area contributed by atoms with Gasteiger partial charge in [-0.05, 0) is 61.4 Å². The first kappa shape index (κ1) is 39.9. The Hall–Kier alpha value is -3.86. The Morgan fingerprint density at radius 3 is 1.75 bits per heavy atom. The molecule has 3 N–H and O–H groups in total. The molecular weight excluding hydrogens is 669 g/mol. The number of piperidine rings is 1. The van der Waals surface area contributed by atoms with E-state index < -0.39 is 37.3 Å². The first-order valence-corrected chi connectivity index (χ1v) is 19.4. The van der Waals surface area contributed by atoms with Crippen molar-refractivity contribution in [2.45, 2.75) is 84.1 Å². The van der Waals surface area contributed by atoms with Gasteiger partial charge in [0.1, 0.15) is 18.4 Å². The van der Waals surface area contributed by atoms with E-state index in [0.717, 1.165) is 16.7 Å². The predicted octanol–water partition coefficient (Wildman–Crippen LogP) is 6.38. The van der Waals surface area contributed by atoms with E-state index in [0.29, 0.717) is 38.8 Å². The van der Waals surface area contributed by atoms with Crippen LogP contribution >= 0.6 is 7.60 Å². The zero-order valence-electron chi connectivity index (χ0n) is 29.8. The van der Waals surface area contributed by atoms with Gasteiger partial charge in [-0.25, -0.2) is 4.79 Å². The fraction of sp³-hybridized carbons (Fsp3) is 0.462. The number of carboxylic acid groups (broad SMARTS) is 1. The van der Waals surface area contributed by atoms with Crippen LogP contribution in [0.15, 0.2) is 91.0 Å². The van der Waals surface area contributed by atoms with E-state index in [9.17, 15) is 24.1 Å². The Bertz CT molecular complexity index is 1500. The Balaban J connectivity index is 1.39. The number of carbonyl (C=O) groups excluding carboxylic acids is 2. The largest absolute Gasteiger partial charge is 0.480 e. The van der Waals surface area contributed by atoms with Crippen molar-refractivity contribution in [3.05, 3.63) is 108 Å². The van der Waals surface area contributed by atoms with Gasteiger partial charge in [0, 0.05) is 6.54 Å². The maximum atomic E-state index is 14.5. The zero-order valence-corrected chi connectivity index (χ0v) is 30.7. The second kappa shape index (κ2) is 20.2. The molecule has 51 heavy (non-hydrogen) atoms. The van der Waals surface area contributed by atoms with Crippen LogP contribution in [0.25, 0.3) is 0 Å². The van der Waals surface area contributed by atoms with Crippen LogP contribution in [0.1, 0.15) is 63.1 Å². The van der Waals surface area contributed by atoms with Crippen LogP contribution < -0.4 is 10.6 Å². The molecular formula is C39H52N3O8P. The van der Waals surface area contributed by atoms with Crippen LogP contribution in [0.4, 0.5) is 0 Å². The van der Waals surface area contributed by atoms with Gasteiger partial charge in [-0.3, -0.25) is 19.5 Å². The highest BCUT2D eigenvalue weighted by Gasteiger charge is 2.39. The van der Waals surface area contributed by atoms with Crippen molar-refractivity contribution < 1.29 is 37.8 Å². The third-order valence-corrected chi connectivity index (χ3v) is 11.1. The van der Waals surface area contributed by atoms with E-state index in [1.165, 1.54) is 0 Å². The van der Waals surface area contributed by atoms with Crippen LogP contribution in [0.5, 0.6) is 0 Å². The van der Waals surface area contributed by atoms with Crippen LogP contribution in [0.2, 0.25) is 0 Å². The van der Waals surface area contributed by atoms with Crippen molar-refractivity contribution in [3.63, 3.8) is 0 Å². The molecule has 1 aliphatic rings. The predicted molar refractivity (Wildman–Crippen MR) is 195 cm³/mol. The number of carboxylic acids is 1. The lowest BCUT2D eigenvalue weighted by molar-refractivity contribution is -0.152. The molecule has 1 aliphatic heterocycles. The number of rotatable bonds is 20. The molecule has 276 valence electrons. The lowest BCUT2D eigenvalue weighted by Crippen LogP contribution is -2.56. The van der Waals surface area contributed by atoms with Crippen LogP contribution in [-0.4, -0.2) is 65.4 Å². The van der Waals surface area contributed by atoms with Gasteiger partial charge in [0.15, 0.2) is 0 Å². The van der Waals surface area contributed by atoms with Crippen molar-refractivity contribution in [2.24, 2.45) is 11.8 Å². The highest BCUT2D eigenvalue weighted by molar-refractivity contribution is 7.54. The normalized spacial score (nSPS) is 15.9. The molecule has 0 aliphatic carbocycles. The molecule has 11 nitrogen and oxygen atoms in total. The molecule has 1 fully saturated rings. The average Bonchev–Trinajstić information content (AvgIpc) is 3.14.